The quantitative estimate of drug-likeness (QED) is 0.751. The maximum absolute atomic E-state index is 5.89. The number of fused-ring (bicyclic) bond motifs is 1. The van der Waals surface area contributed by atoms with E-state index in [1.807, 2.05) is 0 Å². The van der Waals surface area contributed by atoms with Gasteiger partial charge in [0.25, 0.3) is 0 Å². The van der Waals surface area contributed by atoms with E-state index in [0.29, 0.717) is 6.04 Å². The molecule has 1 aromatic rings. The number of rotatable bonds is 7. The lowest BCUT2D eigenvalue weighted by molar-refractivity contribution is 0.324. The molecular formula is C18H26BrNO. The molecule has 3 atom stereocenters. The van der Waals surface area contributed by atoms with Gasteiger partial charge in [0.15, 0.2) is 0 Å². The van der Waals surface area contributed by atoms with Crippen LogP contribution in [-0.2, 0) is 0 Å². The number of hydrogen-bond acceptors (Lipinski definition) is 2. The van der Waals surface area contributed by atoms with E-state index in [0.717, 1.165) is 41.1 Å². The van der Waals surface area contributed by atoms with Gasteiger partial charge in [-0.15, -0.1) is 0 Å². The fourth-order valence-electron chi connectivity index (χ4n) is 4.17. The van der Waals surface area contributed by atoms with Crippen molar-refractivity contribution in [1.82, 2.24) is 5.32 Å². The standard InChI is InChI=1S/C18H26BrNO/c1-3-10-20-18(17-13-6-5-7-14(13)17)15-11-12(19)8-9-16(15)21-4-2/h8-9,11,13-14,17-18,20H,3-7,10H2,1-2H3. The van der Waals surface area contributed by atoms with Crippen LogP contribution in [0, 0.1) is 17.8 Å². The first-order valence-electron chi connectivity index (χ1n) is 8.41. The van der Waals surface area contributed by atoms with Crippen LogP contribution in [0.15, 0.2) is 22.7 Å². The minimum atomic E-state index is 0.458. The van der Waals surface area contributed by atoms with Crippen molar-refractivity contribution in [2.75, 3.05) is 13.2 Å². The molecule has 2 nitrogen and oxygen atoms in total. The van der Waals surface area contributed by atoms with Crippen molar-refractivity contribution in [2.24, 2.45) is 17.8 Å². The average Bonchev–Trinajstić information content (AvgIpc) is 2.94. The lowest BCUT2D eigenvalue weighted by Gasteiger charge is -2.24. The molecule has 2 saturated carbocycles. The van der Waals surface area contributed by atoms with Crippen LogP contribution in [0.1, 0.15) is 51.1 Å². The molecule has 2 aliphatic rings. The van der Waals surface area contributed by atoms with E-state index in [9.17, 15) is 0 Å². The highest BCUT2D eigenvalue weighted by Crippen LogP contribution is 2.62. The molecule has 0 saturated heterocycles. The summed E-state index contributed by atoms with van der Waals surface area (Å²) in [5.74, 6) is 3.78. The third kappa shape index (κ3) is 3.14. The predicted molar refractivity (Wildman–Crippen MR) is 90.7 cm³/mol. The van der Waals surface area contributed by atoms with E-state index in [1.165, 1.54) is 31.2 Å². The van der Waals surface area contributed by atoms with Gasteiger partial charge < -0.3 is 10.1 Å². The van der Waals surface area contributed by atoms with E-state index in [-0.39, 0.29) is 0 Å². The second-order valence-corrected chi connectivity index (χ2v) is 7.30. The normalized spacial score (nSPS) is 28.2. The zero-order valence-corrected chi connectivity index (χ0v) is 14.7. The van der Waals surface area contributed by atoms with Gasteiger partial charge in [-0.05, 0) is 68.7 Å². The molecule has 116 valence electrons. The average molecular weight is 352 g/mol. The molecule has 21 heavy (non-hydrogen) atoms. The smallest absolute Gasteiger partial charge is 0.124 e. The van der Waals surface area contributed by atoms with Crippen molar-refractivity contribution in [3.63, 3.8) is 0 Å². The molecule has 0 spiro atoms. The number of hydrogen-bond donors (Lipinski definition) is 1. The molecule has 0 aromatic heterocycles. The summed E-state index contributed by atoms with van der Waals surface area (Å²) < 4.78 is 7.04. The summed E-state index contributed by atoms with van der Waals surface area (Å²) in [7, 11) is 0. The summed E-state index contributed by atoms with van der Waals surface area (Å²) in [6.07, 6.45) is 5.47. The first kappa shape index (κ1) is 15.4. The molecule has 3 heteroatoms. The number of benzene rings is 1. The van der Waals surface area contributed by atoms with Gasteiger partial charge in [0, 0.05) is 16.1 Å². The molecule has 1 aromatic carbocycles. The Bertz CT molecular complexity index is 480. The minimum absolute atomic E-state index is 0.458. The largest absolute Gasteiger partial charge is 0.494 e. The highest BCUT2D eigenvalue weighted by Gasteiger charge is 2.56. The Morgan fingerprint density at radius 2 is 2.05 bits per heavy atom. The van der Waals surface area contributed by atoms with Gasteiger partial charge in [0.05, 0.1) is 6.61 Å². The highest BCUT2D eigenvalue weighted by molar-refractivity contribution is 9.10. The summed E-state index contributed by atoms with van der Waals surface area (Å²) in [6, 6.07) is 6.91. The monoisotopic (exact) mass is 351 g/mol. The van der Waals surface area contributed by atoms with Crippen LogP contribution in [0.25, 0.3) is 0 Å². The maximum atomic E-state index is 5.89. The SMILES string of the molecule is CCCNC(c1cc(Br)ccc1OCC)C1C2CCCC21. The Balaban J connectivity index is 1.86. The van der Waals surface area contributed by atoms with Crippen LogP contribution in [0.5, 0.6) is 5.75 Å². The van der Waals surface area contributed by atoms with Crippen LogP contribution in [-0.4, -0.2) is 13.2 Å². The first-order valence-corrected chi connectivity index (χ1v) is 9.21. The summed E-state index contributed by atoms with van der Waals surface area (Å²) in [4.78, 5) is 0. The Hall–Kier alpha value is -0.540. The van der Waals surface area contributed by atoms with Crippen molar-refractivity contribution in [2.45, 2.75) is 45.6 Å². The topological polar surface area (TPSA) is 21.3 Å². The Morgan fingerprint density at radius 1 is 1.29 bits per heavy atom. The van der Waals surface area contributed by atoms with Gasteiger partial charge in [-0.1, -0.05) is 29.3 Å². The van der Waals surface area contributed by atoms with E-state index in [4.69, 9.17) is 4.74 Å². The molecular weight excluding hydrogens is 326 g/mol. The third-order valence-corrected chi connectivity index (χ3v) is 5.57. The second-order valence-electron chi connectivity index (χ2n) is 6.38. The fourth-order valence-corrected chi connectivity index (χ4v) is 4.55. The lowest BCUT2D eigenvalue weighted by Crippen LogP contribution is -2.26. The Labute approximate surface area is 136 Å². The van der Waals surface area contributed by atoms with Gasteiger partial charge in [-0.2, -0.15) is 0 Å². The molecule has 0 bridgehead atoms. The molecule has 0 heterocycles. The molecule has 2 aliphatic carbocycles. The lowest BCUT2D eigenvalue weighted by atomic mass is 9.96. The summed E-state index contributed by atoms with van der Waals surface area (Å²) in [5, 5.41) is 3.80. The van der Waals surface area contributed by atoms with Crippen molar-refractivity contribution in [3.8, 4) is 5.75 Å². The van der Waals surface area contributed by atoms with Gasteiger partial charge in [0.1, 0.15) is 5.75 Å². The van der Waals surface area contributed by atoms with Crippen molar-refractivity contribution in [3.05, 3.63) is 28.2 Å². The molecule has 3 unspecified atom stereocenters. The highest BCUT2D eigenvalue weighted by atomic mass is 79.9. The molecule has 2 fully saturated rings. The van der Waals surface area contributed by atoms with Crippen molar-refractivity contribution in [1.29, 1.82) is 0 Å². The third-order valence-electron chi connectivity index (χ3n) is 5.08. The van der Waals surface area contributed by atoms with Gasteiger partial charge in [0.2, 0.25) is 0 Å². The molecule has 0 radical (unpaired) electrons. The first-order chi connectivity index (χ1) is 10.3. The van der Waals surface area contributed by atoms with Gasteiger partial charge in [-0.25, -0.2) is 0 Å². The van der Waals surface area contributed by atoms with E-state index in [1.54, 1.807) is 0 Å². The van der Waals surface area contributed by atoms with E-state index >= 15 is 0 Å². The molecule has 1 N–H and O–H groups in total. The fraction of sp³-hybridized carbons (Fsp3) is 0.667. The van der Waals surface area contributed by atoms with Crippen LogP contribution in [0.4, 0.5) is 0 Å². The summed E-state index contributed by atoms with van der Waals surface area (Å²) >= 11 is 3.63. The van der Waals surface area contributed by atoms with Crippen LogP contribution < -0.4 is 10.1 Å². The van der Waals surface area contributed by atoms with Crippen LogP contribution >= 0.6 is 15.9 Å². The zero-order valence-electron chi connectivity index (χ0n) is 13.1. The predicted octanol–water partition coefficient (Wildman–Crippen LogP) is 4.93. The van der Waals surface area contributed by atoms with Crippen molar-refractivity contribution < 1.29 is 4.74 Å². The Kier molecular flexibility index (Phi) is 4.90. The van der Waals surface area contributed by atoms with Gasteiger partial charge >= 0.3 is 0 Å². The maximum Gasteiger partial charge on any atom is 0.124 e. The Morgan fingerprint density at radius 3 is 2.71 bits per heavy atom. The summed E-state index contributed by atoms with van der Waals surface area (Å²) in [6.45, 7) is 6.11. The van der Waals surface area contributed by atoms with Crippen LogP contribution in [0.2, 0.25) is 0 Å². The molecule has 0 aliphatic heterocycles. The molecule has 0 amide bonds. The number of nitrogens with one attached hydrogen (secondary N) is 1. The zero-order chi connectivity index (χ0) is 14.8. The van der Waals surface area contributed by atoms with E-state index in [2.05, 4.69) is 53.3 Å². The number of halogens is 1. The second kappa shape index (κ2) is 6.70. The molecule has 3 rings (SSSR count). The van der Waals surface area contributed by atoms with Crippen molar-refractivity contribution >= 4 is 15.9 Å². The summed E-state index contributed by atoms with van der Waals surface area (Å²) in [5.41, 5.74) is 1.35. The van der Waals surface area contributed by atoms with E-state index < -0.39 is 0 Å². The minimum Gasteiger partial charge on any atom is -0.494 e. The number of ether oxygens (including phenoxy) is 1. The van der Waals surface area contributed by atoms with Gasteiger partial charge in [-0.3, -0.25) is 0 Å². The van der Waals surface area contributed by atoms with Crippen LogP contribution in [0.3, 0.4) is 0 Å².